The molecule has 6 nitrogen and oxygen atoms in total. The van der Waals surface area contributed by atoms with Crippen LogP contribution in [0.15, 0.2) is 54.9 Å². The number of benzene rings is 2. The molecule has 0 saturated heterocycles. The van der Waals surface area contributed by atoms with Crippen LogP contribution in [-0.4, -0.2) is 29.2 Å². The average molecular weight is 377 g/mol. The minimum atomic E-state index is -0.206. The number of ether oxygens (including phenoxy) is 2. The molecule has 6 heteroatoms. The van der Waals surface area contributed by atoms with E-state index >= 15 is 0 Å². The van der Waals surface area contributed by atoms with Crippen molar-refractivity contribution in [3.05, 3.63) is 71.8 Å². The van der Waals surface area contributed by atoms with Crippen LogP contribution in [0.3, 0.4) is 0 Å². The summed E-state index contributed by atoms with van der Waals surface area (Å²) < 4.78 is 13.0. The highest BCUT2D eigenvalue weighted by molar-refractivity contribution is 5.79. The molecule has 1 aliphatic heterocycles. The number of amides is 1. The van der Waals surface area contributed by atoms with Gasteiger partial charge in [0.25, 0.3) is 0 Å². The van der Waals surface area contributed by atoms with Crippen LogP contribution in [0.1, 0.15) is 17.0 Å². The number of hydrogen-bond acceptors (Lipinski definition) is 4. The van der Waals surface area contributed by atoms with E-state index < -0.39 is 0 Å². The lowest BCUT2D eigenvalue weighted by molar-refractivity contribution is -0.126. The fourth-order valence-corrected chi connectivity index (χ4v) is 3.50. The van der Waals surface area contributed by atoms with Gasteiger partial charge in [-0.25, -0.2) is 4.98 Å². The van der Waals surface area contributed by atoms with Crippen molar-refractivity contribution in [1.29, 1.82) is 0 Å². The number of para-hydroxylation sites is 1. The van der Waals surface area contributed by atoms with Gasteiger partial charge in [-0.1, -0.05) is 24.3 Å². The number of hydrogen-bond donors (Lipinski definition) is 1. The van der Waals surface area contributed by atoms with Crippen molar-refractivity contribution in [2.75, 3.05) is 13.7 Å². The molecule has 1 unspecified atom stereocenters. The molecular weight excluding hydrogens is 354 g/mol. The van der Waals surface area contributed by atoms with E-state index in [4.69, 9.17) is 9.47 Å². The Hall–Kier alpha value is -3.28. The van der Waals surface area contributed by atoms with E-state index in [0.29, 0.717) is 19.6 Å². The molecule has 0 radical (unpaired) electrons. The Balaban J connectivity index is 1.44. The number of rotatable bonds is 5. The number of aryl methyl sites for hydroxylation is 1. The number of fused-ring (bicyclic) bond motifs is 1. The molecule has 0 spiro atoms. The maximum absolute atomic E-state index is 12.7. The lowest BCUT2D eigenvalue weighted by Gasteiger charge is -2.25. The van der Waals surface area contributed by atoms with Gasteiger partial charge in [-0.15, -0.1) is 0 Å². The summed E-state index contributed by atoms with van der Waals surface area (Å²) in [4.78, 5) is 17.0. The van der Waals surface area contributed by atoms with Crippen molar-refractivity contribution in [3.63, 3.8) is 0 Å². The Bertz CT molecular complexity index is 996. The van der Waals surface area contributed by atoms with Crippen LogP contribution in [-0.2, 0) is 17.8 Å². The number of nitrogens with zero attached hydrogens (tertiary/aromatic N) is 2. The first-order valence-electron chi connectivity index (χ1n) is 9.31. The zero-order valence-corrected chi connectivity index (χ0v) is 16.0. The quantitative estimate of drug-likeness (QED) is 0.742. The predicted octanol–water partition coefficient (Wildman–Crippen LogP) is 3.06. The van der Waals surface area contributed by atoms with E-state index in [9.17, 15) is 4.79 Å². The molecule has 0 saturated carbocycles. The molecular formula is C22H23N3O3. The van der Waals surface area contributed by atoms with E-state index in [2.05, 4.69) is 10.3 Å². The fraction of sp³-hybridized carbons (Fsp3) is 0.273. The van der Waals surface area contributed by atoms with Gasteiger partial charge in [0.2, 0.25) is 5.91 Å². The number of carbonyl (C=O) groups excluding carboxylic acids is 1. The predicted molar refractivity (Wildman–Crippen MR) is 106 cm³/mol. The summed E-state index contributed by atoms with van der Waals surface area (Å²) in [6.45, 7) is 2.79. The molecule has 0 aliphatic carbocycles. The van der Waals surface area contributed by atoms with E-state index in [1.54, 1.807) is 13.3 Å². The third-order valence-corrected chi connectivity index (χ3v) is 5.08. The van der Waals surface area contributed by atoms with Crippen LogP contribution in [0.5, 0.6) is 11.5 Å². The van der Waals surface area contributed by atoms with Crippen LogP contribution in [0.4, 0.5) is 0 Å². The fourth-order valence-electron chi connectivity index (χ4n) is 3.50. The number of carbonyl (C=O) groups is 1. The SMILES string of the molecule is COc1ccc2c(c1)OCC(C(=O)NCc1ccccc1-n1ccnc1C)C2. The lowest BCUT2D eigenvalue weighted by Crippen LogP contribution is -2.37. The Morgan fingerprint density at radius 2 is 2.18 bits per heavy atom. The van der Waals surface area contributed by atoms with Crippen molar-refractivity contribution in [2.24, 2.45) is 5.92 Å². The van der Waals surface area contributed by atoms with Crippen molar-refractivity contribution in [3.8, 4) is 17.2 Å². The second-order valence-electron chi connectivity index (χ2n) is 6.88. The number of aromatic nitrogens is 2. The zero-order chi connectivity index (χ0) is 19.5. The number of methoxy groups -OCH3 is 1. The summed E-state index contributed by atoms with van der Waals surface area (Å²) in [6, 6.07) is 13.7. The lowest BCUT2D eigenvalue weighted by atomic mass is 9.95. The van der Waals surface area contributed by atoms with Gasteiger partial charge in [0.15, 0.2) is 0 Å². The molecule has 1 aliphatic rings. The summed E-state index contributed by atoms with van der Waals surface area (Å²) in [5, 5.41) is 3.07. The molecule has 1 amide bonds. The standard InChI is InChI=1S/C22H23N3O3/c1-15-23-9-10-25(15)20-6-4-3-5-17(20)13-24-22(26)18-11-16-7-8-19(27-2)12-21(16)28-14-18/h3-10,12,18H,11,13-14H2,1-2H3,(H,24,26). The summed E-state index contributed by atoms with van der Waals surface area (Å²) in [5.41, 5.74) is 3.09. The minimum Gasteiger partial charge on any atom is -0.497 e. The van der Waals surface area contributed by atoms with Gasteiger partial charge < -0.3 is 19.4 Å². The second-order valence-corrected chi connectivity index (χ2v) is 6.88. The minimum absolute atomic E-state index is 0.00127. The Morgan fingerprint density at radius 1 is 1.32 bits per heavy atom. The van der Waals surface area contributed by atoms with Crippen LogP contribution in [0.25, 0.3) is 5.69 Å². The molecule has 144 valence electrons. The van der Waals surface area contributed by atoms with Crippen molar-refractivity contribution >= 4 is 5.91 Å². The normalized spacial score (nSPS) is 15.4. The van der Waals surface area contributed by atoms with Gasteiger partial charge in [0, 0.05) is 25.0 Å². The van der Waals surface area contributed by atoms with E-state index in [1.807, 2.05) is 60.2 Å². The Kier molecular flexibility index (Phi) is 5.02. The third kappa shape index (κ3) is 3.58. The van der Waals surface area contributed by atoms with Crippen molar-refractivity contribution in [1.82, 2.24) is 14.9 Å². The maximum atomic E-state index is 12.7. The topological polar surface area (TPSA) is 65.4 Å². The largest absolute Gasteiger partial charge is 0.497 e. The summed E-state index contributed by atoms with van der Waals surface area (Å²) >= 11 is 0. The third-order valence-electron chi connectivity index (χ3n) is 5.08. The maximum Gasteiger partial charge on any atom is 0.227 e. The molecule has 2 heterocycles. The highest BCUT2D eigenvalue weighted by Gasteiger charge is 2.26. The van der Waals surface area contributed by atoms with Crippen molar-refractivity contribution < 1.29 is 14.3 Å². The smallest absolute Gasteiger partial charge is 0.227 e. The monoisotopic (exact) mass is 377 g/mol. The van der Waals surface area contributed by atoms with Gasteiger partial charge >= 0.3 is 0 Å². The van der Waals surface area contributed by atoms with Crippen LogP contribution >= 0.6 is 0 Å². The van der Waals surface area contributed by atoms with Crippen LogP contribution in [0.2, 0.25) is 0 Å². The summed E-state index contributed by atoms with van der Waals surface area (Å²) in [5.74, 6) is 2.26. The molecule has 1 atom stereocenters. The molecule has 1 aromatic heterocycles. The number of imidazole rings is 1. The Morgan fingerprint density at radius 3 is 2.96 bits per heavy atom. The Labute approximate surface area is 164 Å². The van der Waals surface area contributed by atoms with Gasteiger partial charge in [-0.05, 0) is 36.6 Å². The van der Waals surface area contributed by atoms with Gasteiger partial charge in [-0.3, -0.25) is 4.79 Å². The van der Waals surface area contributed by atoms with E-state index in [1.165, 1.54) is 0 Å². The van der Waals surface area contributed by atoms with Gasteiger partial charge in [-0.2, -0.15) is 0 Å². The molecule has 3 aromatic rings. The van der Waals surface area contributed by atoms with Crippen molar-refractivity contribution in [2.45, 2.75) is 19.9 Å². The average Bonchev–Trinajstić information content (AvgIpc) is 3.17. The molecule has 28 heavy (non-hydrogen) atoms. The first-order valence-corrected chi connectivity index (χ1v) is 9.31. The summed E-state index contributed by atoms with van der Waals surface area (Å²) in [7, 11) is 1.63. The highest BCUT2D eigenvalue weighted by Crippen LogP contribution is 2.31. The van der Waals surface area contributed by atoms with Gasteiger partial charge in [0.05, 0.1) is 18.7 Å². The number of nitrogens with one attached hydrogen (secondary N) is 1. The highest BCUT2D eigenvalue weighted by atomic mass is 16.5. The molecule has 0 bridgehead atoms. The molecule has 2 aromatic carbocycles. The first kappa shape index (κ1) is 18.1. The molecule has 1 N–H and O–H groups in total. The second kappa shape index (κ2) is 7.76. The van der Waals surface area contributed by atoms with Gasteiger partial charge in [0.1, 0.15) is 23.9 Å². The van der Waals surface area contributed by atoms with Crippen LogP contribution < -0.4 is 14.8 Å². The zero-order valence-electron chi connectivity index (χ0n) is 16.0. The van der Waals surface area contributed by atoms with E-state index in [0.717, 1.165) is 34.1 Å². The first-order chi connectivity index (χ1) is 13.7. The molecule has 4 rings (SSSR count). The summed E-state index contributed by atoms with van der Waals surface area (Å²) in [6.07, 6.45) is 4.36. The van der Waals surface area contributed by atoms with Crippen LogP contribution in [0, 0.1) is 12.8 Å². The molecule has 0 fully saturated rings. The van der Waals surface area contributed by atoms with E-state index in [-0.39, 0.29) is 11.8 Å².